The van der Waals surface area contributed by atoms with Crippen molar-refractivity contribution in [3.63, 3.8) is 0 Å². The molecule has 3 N–H and O–H groups in total. The highest BCUT2D eigenvalue weighted by atomic mass is 35.5. The van der Waals surface area contributed by atoms with Crippen molar-refractivity contribution in [2.45, 2.75) is 18.6 Å². The monoisotopic (exact) mass is 263 g/mol. The number of ether oxygens (including phenoxy) is 1. The maximum atomic E-state index is 12.6. The van der Waals surface area contributed by atoms with Crippen LogP contribution in [0.1, 0.15) is 5.56 Å². The van der Waals surface area contributed by atoms with Crippen LogP contribution < -0.4 is 5.73 Å². The van der Waals surface area contributed by atoms with Gasteiger partial charge in [-0.2, -0.15) is 0 Å². The number of benzene rings is 1. The van der Waals surface area contributed by atoms with E-state index in [-0.39, 0.29) is 24.6 Å². The Balaban J connectivity index is 0.00000256. The highest BCUT2D eigenvalue weighted by Crippen LogP contribution is 2.07. The van der Waals surface area contributed by atoms with Crippen molar-refractivity contribution in [2.24, 2.45) is 5.73 Å². The molecule has 1 aromatic carbocycles. The van der Waals surface area contributed by atoms with Crippen LogP contribution >= 0.6 is 12.4 Å². The predicted octanol–water partition coefficient (Wildman–Crippen LogP) is 0.651. The van der Waals surface area contributed by atoms with Crippen molar-refractivity contribution in [1.82, 2.24) is 0 Å². The van der Waals surface area contributed by atoms with Gasteiger partial charge >= 0.3 is 5.97 Å². The van der Waals surface area contributed by atoms with Gasteiger partial charge in [0.2, 0.25) is 0 Å². The maximum Gasteiger partial charge on any atom is 0.336 e. The van der Waals surface area contributed by atoms with Crippen LogP contribution in [0.2, 0.25) is 0 Å². The molecule has 0 radical (unpaired) electrons. The smallest absolute Gasteiger partial charge is 0.336 e. The van der Waals surface area contributed by atoms with Gasteiger partial charge < -0.3 is 15.6 Å². The highest BCUT2D eigenvalue weighted by Gasteiger charge is 2.23. The quantitative estimate of drug-likeness (QED) is 0.783. The summed E-state index contributed by atoms with van der Waals surface area (Å²) in [5.41, 5.74) is 6.37. The summed E-state index contributed by atoms with van der Waals surface area (Å²) in [7, 11) is 1.18. The van der Waals surface area contributed by atoms with Gasteiger partial charge in [0.25, 0.3) is 0 Å². The summed E-state index contributed by atoms with van der Waals surface area (Å²) in [6.45, 7) is 0. The average molecular weight is 264 g/mol. The molecule has 1 aromatic rings. The van der Waals surface area contributed by atoms with Crippen LogP contribution in [0.5, 0.6) is 0 Å². The first-order chi connectivity index (χ1) is 7.54. The number of hydrogen-bond acceptors (Lipinski definition) is 4. The van der Waals surface area contributed by atoms with Crippen molar-refractivity contribution >= 4 is 18.4 Å². The minimum Gasteiger partial charge on any atom is -0.467 e. The topological polar surface area (TPSA) is 72.5 Å². The van der Waals surface area contributed by atoms with Crippen LogP contribution in [0.25, 0.3) is 0 Å². The lowest BCUT2D eigenvalue weighted by atomic mass is 10.0. The minimum absolute atomic E-state index is 0. The van der Waals surface area contributed by atoms with Crippen LogP contribution in [0, 0.1) is 5.82 Å². The minimum atomic E-state index is -1.37. The van der Waals surface area contributed by atoms with Gasteiger partial charge in [-0.25, -0.2) is 9.18 Å². The van der Waals surface area contributed by atoms with Crippen LogP contribution in [0.4, 0.5) is 4.39 Å². The summed E-state index contributed by atoms with van der Waals surface area (Å²) in [6, 6.07) is 4.94. The normalized spacial score (nSPS) is 13.4. The molecule has 96 valence electrons. The van der Waals surface area contributed by atoms with Crippen LogP contribution in [0.15, 0.2) is 24.3 Å². The highest BCUT2D eigenvalue weighted by molar-refractivity contribution is 5.85. The molecule has 0 aliphatic rings. The Morgan fingerprint density at radius 2 is 2.00 bits per heavy atom. The number of halogens is 2. The van der Waals surface area contributed by atoms with Crippen LogP contribution in [-0.2, 0) is 16.0 Å². The lowest BCUT2D eigenvalue weighted by molar-refractivity contribution is -0.151. The van der Waals surface area contributed by atoms with Gasteiger partial charge in [-0.15, -0.1) is 12.4 Å². The number of carbonyl (C=O) groups excluding carboxylic acids is 1. The zero-order chi connectivity index (χ0) is 12.1. The number of aliphatic hydroxyl groups excluding tert-OH is 1. The van der Waals surface area contributed by atoms with E-state index in [9.17, 15) is 14.3 Å². The molecular weight excluding hydrogens is 249 g/mol. The third kappa shape index (κ3) is 4.68. The first-order valence-electron chi connectivity index (χ1n) is 4.80. The Kier molecular flexibility index (Phi) is 6.72. The number of aliphatic hydroxyl groups is 1. The summed E-state index contributed by atoms with van der Waals surface area (Å²) in [5.74, 6) is -1.11. The molecular formula is C11H15ClFNO3. The lowest BCUT2D eigenvalue weighted by Crippen LogP contribution is -2.42. The van der Waals surface area contributed by atoms with Gasteiger partial charge in [0.15, 0.2) is 6.10 Å². The molecule has 0 fully saturated rings. The van der Waals surface area contributed by atoms with Gasteiger partial charge in [0.05, 0.1) is 7.11 Å². The molecule has 17 heavy (non-hydrogen) atoms. The van der Waals surface area contributed by atoms with E-state index < -0.39 is 18.1 Å². The Hall–Kier alpha value is -1.17. The Morgan fingerprint density at radius 3 is 2.47 bits per heavy atom. The van der Waals surface area contributed by atoms with E-state index in [0.29, 0.717) is 0 Å². The van der Waals surface area contributed by atoms with Crippen molar-refractivity contribution in [1.29, 1.82) is 0 Å². The summed E-state index contributed by atoms with van der Waals surface area (Å²) < 4.78 is 17.0. The Morgan fingerprint density at radius 1 is 1.47 bits per heavy atom. The molecule has 0 aliphatic carbocycles. The molecule has 6 heteroatoms. The van der Waals surface area contributed by atoms with E-state index in [4.69, 9.17) is 5.73 Å². The summed E-state index contributed by atoms with van der Waals surface area (Å²) in [4.78, 5) is 11.0. The standard InChI is InChI=1S/C11H14FNO3.ClH/c1-16-11(15)10(14)9(13)6-7-2-4-8(12)5-3-7;/h2-5,9-10,14H,6,13H2,1H3;1H/t9-,10?;/m1./s1. The second-order valence-electron chi connectivity index (χ2n) is 3.46. The number of esters is 1. The van der Waals surface area contributed by atoms with Crippen LogP contribution in [-0.4, -0.2) is 30.3 Å². The fourth-order valence-corrected chi connectivity index (χ4v) is 1.30. The van der Waals surface area contributed by atoms with E-state index in [2.05, 4.69) is 4.74 Å². The largest absolute Gasteiger partial charge is 0.467 e. The van der Waals surface area contributed by atoms with Gasteiger partial charge in [-0.3, -0.25) is 0 Å². The number of rotatable bonds is 4. The zero-order valence-corrected chi connectivity index (χ0v) is 10.1. The number of carbonyl (C=O) groups is 1. The average Bonchev–Trinajstić information content (AvgIpc) is 2.30. The number of hydrogen-bond donors (Lipinski definition) is 2. The second kappa shape index (κ2) is 7.21. The molecule has 4 nitrogen and oxygen atoms in total. The molecule has 2 atom stereocenters. The summed E-state index contributed by atoms with van der Waals surface area (Å²) in [6.07, 6.45) is -1.09. The van der Waals surface area contributed by atoms with Crippen LogP contribution in [0.3, 0.4) is 0 Å². The molecule has 1 rings (SSSR count). The molecule has 0 aromatic heterocycles. The fourth-order valence-electron chi connectivity index (χ4n) is 1.30. The molecule has 0 amide bonds. The molecule has 0 spiro atoms. The van der Waals surface area contributed by atoms with E-state index in [0.717, 1.165) is 5.56 Å². The third-order valence-electron chi connectivity index (χ3n) is 2.23. The predicted molar refractivity (Wildman–Crippen MR) is 63.4 cm³/mol. The first-order valence-corrected chi connectivity index (χ1v) is 4.80. The third-order valence-corrected chi connectivity index (χ3v) is 2.23. The van der Waals surface area contributed by atoms with Crippen molar-refractivity contribution in [2.75, 3.05) is 7.11 Å². The van der Waals surface area contributed by atoms with Crippen molar-refractivity contribution in [3.05, 3.63) is 35.6 Å². The van der Waals surface area contributed by atoms with E-state index >= 15 is 0 Å². The molecule has 1 unspecified atom stereocenters. The van der Waals surface area contributed by atoms with E-state index in [1.807, 2.05) is 0 Å². The summed E-state index contributed by atoms with van der Waals surface area (Å²) >= 11 is 0. The molecule has 0 heterocycles. The van der Waals surface area contributed by atoms with Gasteiger partial charge in [0.1, 0.15) is 5.82 Å². The zero-order valence-electron chi connectivity index (χ0n) is 9.30. The number of nitrogens with two attached hydrogens (primary N) is 1. The molecule has 0 saturated carbocycles. The van der Waals surface area contributed by atoms with Gasteiger partial charge in [-0.1, -0.05) is 12.1 Å². The molecule has 0 saturated heterocycles. The van der Waals surface area contributed by atoms with Crippen molar-refractivity contribution < 1.29 is 19.0 Å². The van der Waals surface area contributed by atoms with Crippen molar-refractivity contribution in [3.8, 4) is 0 Å². The molecule has 0 aliphatic heterocycles. The second-order valence-corrected chi connectivity index (χ2v) is 3.46. The first kappa shape index (κ1) is 15.8. The maximum absolute atomic E-state index is 12.6. The number of methoxy groups -OCH3 is 1. The van der Waals surface area contributed by atoms with E-state index in [1.165, 1.54) is 19.2 Å². The molecule has 0 bridgehead atoms. The Bertz CT molecular complexity index is 358. The lowest BCUT2D eigenvalue weighted by Gasteiger charge is -2.16. The van der Waals surface area contributed by atoms with E-state index in [1.54, 1.807) is 12.1 Å². The van der Waals surface area contributed by atoms with Gasteiger partial charge in [0, 0.05) is 6.04 Å². The SMILES string of the molecule is COC(=O)C(O)[C@H](N)Cc1ccc(F)cc1.Cl. The van der Waals surface area contributed by atoms with Gasteiger partial charge in [-0.05, 0) is 24.1 Å². The Labute approximate surface area is 105 Å². The fraction of sp³-hybridized carbons (Fsp3) is 0.364. The summed E-state index contributed by atoms with van der Waals surface area (Å²) in [5, 5.41) is 9.43.